The number of aromatic nitrogens is 2. The molecule has 0 saturated heterocycles. The van der Waals surface area contributed by atoms with Gasteiger partial charge in [0, 0.05) is 6.42 Å². The Morgan fingerprint density at radius 2 is 1.94 bits per heavy atom. The van der Waals surface area contributed by atoms with E-state index in [1.807, 2.05) is 6.92 Å². The van der Waals surface area contributed by atoms with Crippen LogP contribution in [0.1, 0.15) is 24.7 Å². The maximum absolute atomic E-state index is 12.7. The number of fused-ring (bicyclic) bond motifs is 1. The molecule has 1 aromatic heterocycles. The number of H-pyrrole nitrogens is 1. The predicted octanol–water partition coefficient (Wildman–Crippen LogP) is -0.118. The minimum atomic E-state index is -4.95. The third kappa shape index (κ3) is 3.39. The molecule has 92 valence electrons. The van der Waals surface area contributed by atoms with Gasteiger partial charge in [-0.2, -0.15) is 0 Å². The fourth-order valence-corrected chi connectivity index (χ4v) is 1.91. The number of hydrogen-bond donors (Lipinski definition) is 1. The predicted molar refractivity (Wildman–Crippen MR) is 63.5 cm³/mol. The van der Waals surface area contributed by atoms with Crippen LogP contribution in [0.5, 0.6) is 0 Å². The van der Waals surface area contributed by atoms with Gasteiger partial charge in [0.05, 0.1) is 11.0 Å². The van der Waals surface area contributed by atoms with E-state index in [-0.39, 0.29) is 51.4 Å². The molecule has 7 heteroatoms. The molecule has 0 unspecified atom stereocenters. The molecule has 0 radical (unpaired) electrons. The molecule has 0 amide bonds. The molecule has 1 heterocycles. The van der Waals surface area contributed by atoms with Gasteiger partial charge in [-0.25, -0.2) is 4.98 Å². The Labute approximate surface area is 146 Å². The van der Waals surface area contributed by atoms with Crippen molar-refractivity contribution in [3.05, 3.63) is 23.5 Å². The number of benzene rings is 1. The standard InChI is InChI=1S/C11H13BF3N2.K/c1-3-4-10-16-9-6-8(12(13,14)15)5-7(2)11(9)17-10;/h5-6H,3-4H2,1-2H3,(H,16,17);/q-1;+1. The van der Waals surface area contributed by atoms with Crippen LogP contribution in [-0.2, 0) is 6.42 Å². The summed E-state index contributed by atoms with van der Waals surface area (Å²) in [6, 6.07) is 2.31. The number of nitrogens with one attached hydrogen (secondary N) is 1. The summed E-state index contributed by atoms with van der Waals surface area (Å²) in [7, 11) is 0. The molecule has 0 saturated carbocycles. The Balaban J connectivity index is 0.00000162. The maximum atomic E-state index is 12.7. The molecule has 0 aliphatic carbocycles. The van der Waals surface area contributed by atoms with Crippen LogP contribution in [0, 0.1) is 6.92 Å². The van der Waals surface area contributed by atoms with E-state index in [9.17, 15) is 12.9 Å². The molecule has 1 N–H and O–H groups in total. The van der Waals surface area contributed by atoms with Gasteiger partial charge in [0.1, 0.15) is 5.82 Å². The fourth-order valence-electron chi connectivity index (χ4n) is 1.91. The third-order valence-electron chi connectivity index (χ3n) is 2.71. The molecule has 0 aliphatic rings. The second-order valence-corrected chi connectivity index (χ2v) is 4.24. The summed E-state index contributed by atoms with van der Waals surface area (Å²) in [5.74, 6) is 0.748. The van der Waals surface area contributed by atoms with Crippen molar-refractivity contribution in [3.8, 4) is 0 Å². The van der Waals surface area contributed by atoms with Gasteiger partial charge in [-0.15, -0.1) is 5.46 Å². The first-order valence-electron chi connectivity index (χ1n) is 5.61. The SMILES string of the molecule is CCCc1nc2c(C)cc([B-](F)(F)F)cc2[nH]1.[K+]. The Morgan fingerprint density at radius 1 is 1.28 bits per heavy atom. The average Bonchev–Trinajstić information content (AvgIpc) is 2.60. The van der Waals surface area contributed by atoms with E-state index < -0.39 is 12.4 Å². The zero-order valence-electron chi connectivity index (χ0n) is 10.7. The second-order valence-electron chi connectivity index (χ2n) is 4.24. The number of aromatic amines is 1. The van der Waals surface area contributed by atoms with Crippen LogP contribution in [0.25, 0.3) is 11.0 Å². The number of nitrogens with zero attached hydrogens (tertiary/aromatic N) is 1. The molecule has 1 aromatic carbocycles. The van der Waals surface area contributed by atoms with Gasteiger partial charge >= 0.3 is 58.4 Å². The van der Waals surface area contributed by atoms with Gasteiger partial charge in [-0.3, -0.25) is 0 Å². The molecule has 2 aromatic rings. The molecule has 18 heavy (non-hydrogen) atoms. The second kappa shape index (κ2) is 6.09. The Hall–Kier alpha value is 0.181. The molecule has 0 bridgehead atoms. The molecule has 2 nitrogen and oxygen atoms in total. The van der Waals surface area contributed by atoms with Gasteiger partial charge in [0.25, 0.3) is 0 Å². The maximum Gasteiger partial charge on any atom is 1.00 e. The minimum Gasteiger partial charge on any atom is -0.445 e. The van der Waals surface area contributed by atoms with Crippen LogP contribution in [0.15, 0.2) is 12.1 Å². The van der Waals surface area contributed by atoms with Crippen molar-refractivity contribution in [1.82, 2.24) is 9.97 Å². The molecule has 0 spiro atoms. The first-order valence-corrected chi connectivity index (χ1v) is 5.61. The topological polar surface area (TPSA) is 28.7 Å². The first-order chi connectivity index (χ1) is 7.91. The number of hydrogen-bond acceptors (Lipinski definition) is 1. The van der Waals surface area contributed by atoms with Crippen molar-refractivity contribution in [2.45, 2.75) is 26.7 Å². The number of aryl methyl sites for hydroxylation is 2. The molecule has 0 atom stereocenters. The summed E-state index contributed by atoms with van der Waals surface area (Å²) in [6.07, 6.45) is 1.66. The van der Waals surface area contributed by atoms with Gasteiger partial charge in [0.15, 0.2) is 0 Å². The Morgan fingerprint density at radius 3 is 2.50 bits per heavy atom. The first kappa shape index (κ1) is 16.2. The van der Waals surface area contributed by atoms with Crippen LogP contribution >= 0.6 is 0 Å². The van der Waals surface area contributed by atoms with Crippen molar-refractivity contribution in [1.29, 1.82) is 0 Å². The molecular formula is C11H13BF3KN2. The van der Waals surface area contributed by atoms with Gasteiger partial charge in [0.2, 0.25) is 0 Å². The summed E-state index contributed by atoms with van der Waals surface area (Å²) in [5, 5.41) is 0. The minimum absolute atomic E-state index is 0. The van der Waals surface area contributed by atoms with Crippen molar-refractivity contribution in [2.75, 3.05) is 0 Å². The van der Waals surface area contributed by atoms with Crippen LogP contribution in [-0.4, -0.2) is 16.9 Å². The molecular weight excluding hydrogens is 267 g/mol. The zero-order chi connectivity index (χ0) is 12.6. The quantitative estimate of drug-likeness (QED) is 0.780. The average molecular weight is 280 g/mol. The number of rotatable bonds is 3. The molecule has 0 aliphatic heterocycles. The largest absolute Gasteiger partial charge is 1.00 e. The van der Waals surface area contributed by atoms with E-state index in [0.29, 0.717) is 16.6 Å². The van der Waals surface area contributed by atoms with E-state index >= 15 is 0 Å². The molecule has 2 rings (SSSR count). The molecule has 0 fully saturated rings. The van der Waals surface area contributed by atoms with Crippen LogP contribution < -0.4 is 56.8 Å². The van der Waals surface area contributed by atoms with E-state index in [1.54, 1.807) is 6.92 Å². The van der Waals surface area contributed by atoms with Gasteiger partial charge in [-0.05, 0) is 18.9 Å². The monoisotopic (exact) mass is 280 g/mol. The summed E-state index contributed by atoms with van der Waals surface area (Å²) in [4.78, 5) is 7.26. The summed E-state index contributed by atoms with van der Waals surface area (Å²) >= 11 is 0. The van der Waals surface area contributed by atoms with Crippen LogP contribution in [0.4, 0.5) is 12.9 Å². The van der Waals surface area contributed by atoms with E-state index in [1.165, 1.54) is 6.07 Å². The normalized spacial score (nSPS) is 11.6. The Kier molecular flexibility index (Phi) is 5.49. The zero-order valence-corrected chi connectivity index (χ0v) is 13.9. The van der Waals surface area contributed by atoms with E-state index in [0.717, 1.165) is 24.7 Å². The van der Waals surface area contributed by atoms with Crippen molar-refractivity contribution in [3.63, 3.8) is 0 Å². The summed E-state index contributed by atoms with van der Waals surface area (Å²) in [5.41, 5.74) is 1.11. The summed E-state index contributed by atoms with van der Waals surface area (Å²) in [6.45, 7) is -1.29. The van der Waals surface area contributed by atoms with Crippen LogP contribution in [0.3, 0.4) is 0 Å². The van der Waals surface area contributed by atoms with Crippen LogP contribution in [0.2, 0.25) is 0 Å². The van der Waals surface area contributed by atoms with Gasteiger partial charge < -0.3 is 17.9 Å². The number of imidazole rings is 1. The number of halogens is 3. The summed E-state index contributed by atoms with van der Waals surface area (Å²) < 4.78 is 38.0. The van der Waals surface area contributed by atoms with Crippen molar-refractivity contribution >= 4 is 23.5 Å². The van der Waals surface area contributed by atoms with Gasteiger partial charge in [-0.1, -0.05) is 19.1 Å². The van der Waals surface area contributed by atoms with E-state index in [4.69, 9.17) is 0 Å². The smallest absolute Gasteiger partial charge is 0.445 e. The van der Waals surface area contributed by atoms with Crippen molar-refractivity contribution < 1.29 is 64.3 Å². The fraction of sp³-hybridized carbons (Fsp3) is 0.364. The van der Waals surface area contributed by atoms with E-state index in [2.05, 4.69) is 9.97 Å². The van der Waals surface area contributed by atoms with Crippen molar-refractivity contribution in [2.24, 2.45) is 0 Å². The Bertz CT molecular complexity index is 551. The third-order valence-corrected chi connectivity index (χ3v) is 2.71.